The van der Waals surface area contributed by atoms with Crippen LogP contribution in [0.4, 0.5) is 0 Å². The zero-order chi connectivity index (χ0) is 11.0. The van der Waals surface area contributed by atoms with Gasteiger partial charge in [-0.3, -0.25) is 0 Å². The summed E-state index contributed by atoms with van der Waals surface area (Å²) in [4.78, 5) is 10.9. The van der Waals surface area contributed by atoms with Crippen molar-refractivity contribution in [3.8, 4) is 0 Å². The highest BCUT2D eigenvalue weighted by atomic mass is 35.5. The largest absolute Gasteiger partial charge is 0.478 e. The normalized spacial score (nSPS) is 10.4. The quantitative estimate of drug-likeness (QED) is 0.769. The average molecular weight is 254 g/mol. The fourth-order valence-electron chi connectivity index (χ4n) is 1.14. The molecule has 0 saturated heterocycles. The molecule has 1 rings (SSSR count). The maximum atomic E-state index is 10.9. The topological polar surface area (TPSA) is 37.3 Å². The molecule has 0 spiro atoms. The van der Waals surface area contributed by atoms with Gasteiger partial charge in [0.2, 0.25) is 0 Å². The molecule has 0 aromatic heterocycles. The second-order valence-electron chi connectivity index (χ2n) is 2.87. The molecule has 0 saturated carbocycles. The summed E-state index contributed by atoms with van der Waals surface area (Å²) in [5, 5.41) is 9.29. The van der Waals surface area contributed by atoms with Crippen LogP contribution in [0.25, 0.3) is 0 Å². The summed E-state index contributed by atoms with van der Waals surface area (Å²) in [5.41, 5.74) is 1.19. The molecule has 1 aromatic rings. The minimum absolute atomic E-state index is 0.00716. The minimum Gasteiger partial charge on any atom is -0.478 e. The van der Waals surface area contributed by atoms with Crippen LogP contribution in [0.3, 0.4) is 0 Å². The first-order valence-corrected chi connectivity index (χ1v) is 4.88. The Labute approximate surface area is 96.4 Å². The van der Waals surface area contributed by atoms with Crippen LogP contribution in [0.5, 0.6) is 0 Å². The van der Waals surface area contributed by atoms with Gasteiger partial charge >= 0.3 is 5.97 Å². The fraction of sp³-hybridized carbons (Fsp3) is 0.222. The van der Waals surface area contributed by atoms with Gasteiger partial charge < -0.3 is 5.11 Å². The minimum atomic E-state index is -1.10. The van der Waals surface area contributed by atoms with Crippen LogP contribution in [-0.4, -0.2) is 11.1 Å². The van der Waals surface area contributed by atoms with Crippen molar-refractivity contribution in [2.24, 2.45) is 0 Å². The van der Waals surface area contributed by atoms with Gasteiger partial charge in [-0.2, -0.15) is 0 Å². The smallest absolute Gasteiger partial charge is 0.337 e. The summed E-state index contributed by atoms with van der Waals surface area (Å²) in [5.74, 6) is -1.10. The Morgan fingerprint density at radius 2 is 1.50 bits per heavy atom. The molecule has 0 atom stereocenters. The molecule has 0 unspecified atom stereocenters. The van der Waals surface area contributed by atoms with Gasteiger partial charge in [-0.15, -0.1) is 0 Å². The van der Waals surface area contributed by atoms with Gasteiger partial charge in [-0.05, 0) is 25.0 Å². The van der Waals surface area contributed by atoms with Crippen molar-refractivity contribution in [1.29, 1.82) is 0 Å². The zero-order valence-electron chi connectivity index (χ0n) is 7.49. The Morgan fingerprint density at radius 1 is 1.00 bits per heavy atom. The van der Waals surface area contributed by atoms with Gasteiger partial charge in [0.1, 0.15) is 0 Å². The van der Waals surface area contributed by atoms with E-state index in [0.717, 1.165) is 0 Å². The predicted molar refractivity (Wildman–Crippen MR) is 57.9 cm³/mol. The van der Waals surface area contributed by atoms with E-state index >= 15 is 0 Å². The first kappa shape index (κ1) is 11.6. The van der Waals surface area contributed by atoms with Crippen LogP contribution in [0.2, 0.25) is 15.1 Å². The molecule has 0 amide bonds. The van der Waals surface area contributed by atoms with Crippen LogP contribution in [0.1, 0.15) is 21.5 Å². The zero-order valence-corrected chi connectivity index (χ0v) is 9.76. The highest BCUT2D eigenvalue weighted by molar-refractivity contribution is 6.49. The van der Waals surface area contributed by atoms with E-state index in [-0.39, 0.29) is 15.6 Å². The Balaban J connectivity index is 3.68. The first-order chi connectivity index (χ1) is 6.37. The lowest BCUT2D eigenvalue weighted by atomic mass is 10.0. The summed E-state index contributed by atoms with van der Waals surface area (Å²) in [7, 11) is 0. The molecule has 0 aliphatic rings. The van der Waals surface area contributed by atoms with Gasteiger partial charge in [0.15, 0.2) is 0 Å². The van der Waals surface area contributed by atoms with Gasteiger partial charge in [0, 0.05) is 0 Å². The molecule has 76 valence electrons. The second-order valence-corrected chi connectivity index (χ2v) is 4.01. The van der Waals surface area contributed by atoms with Crippen molar-refractivity contribution in [2.75, 3.05) is 0 Å². The van der Waals surface area contributed by atoms with E-state index < -0.39 is 5.97 Å². The van der Waals surface area contributed by atoms with Gasteiger partial charge in [-0.25, -0.2) is 4.79 Å². The molecule has 0 aliphatic carbocycles. The standard InChI is InChI=1S/C9H7Cl3O2/c1-3-4(2)6(10)8(12)7(11)5(3)9(13)14/h1-2H3,(H,13,14). The third-order valence-corrected chi connectivity index (χ3v) is 3.51. The lowest BCUT2D eigenvalue weighted by molar-refractivity contribution is 0.0696. The summed E-state index contributed by atoms with van der Waals surface area (Å²) < 4.78 is 0. The van der Waals surface area contributed by atoms with E-state index in [2.05, 4.69) is 0 Å². The molecule has 0 heterocycles. The van der Waals surface area contributed by atoms with E-state index in [1.54, 1.807) is 13.8 Å². The van der Waals surface area contributed by atoms with Gasteiger partial charge in [0.25, 0.3) is 0 Å². The van der Waals surface area contributed by atoms with Crippen molar-refractivity contribution in [3.63, 3.8) is 0 Å². The lowest BCUT2D eigenvalue weighted by Crippen LogP contribution is -2.03. The first-order valence-electron chi connectivity index (χ1n) is 3.74. The molecule has 0 radical (unpaired) electrons. The predicted octanol–water partition coefficient (Wildman–Crippen LogP) is 3.96. The van der Waals surface area contributed by atoms with E-state index in [1.165, 1.54) is 0 Å². The molecule has 1 N–H and O–H groups in total. The van der Waals surface area contributed by atoms with Crippen molar-refractivity contribution in [1.82, 2.24) is 0 Å². The van der Waals surface area contributed by atoms with Crippen LogP contribution in [0, 0.1) is 13.8 Å². The van der Waals surface area contributed by atoms with E-state index in [4.69, 9.17) is 39.9 Å². The summed E-state index contributed by atoms with van der Waals surface area (Å²) >= 11 is 17.4. The number of hydrogen-bond donors (Lipinski definition) is 1. The number of rotatable bonds is 1. The van der Waals surface area contributed by atoms with Crippen LogP contribution in [-0.2, 0) is 0 Å². The Kier molecular flexibility index (Phi) is 3.30. The number of carboxylic acids is 1. The third-order valence-electron chi connectivity index (χ3n) is 2.09. The molecule has 0 fully saturated rings. The summed E-state index contributed by atoms with van der Waals surface area (Å²) in [6.45, 7) is 3.35. The monoisotopic (exact) mass is 252 g/mol. The Hall–Kier alpha value is -0.440. The van der Waals surface area contributed by atoms with Crippen LogP contribution < -0.4 is 0 Å². The molecular formula is C9H7Cl3O2. The van der Waals surface area contributed by atoms with Crippen molar-refractivity contribution in [3.05, 3.63) is 31.8 Å². The average Bonchev–Trinajstić information content (AvgIpc) is 2.11. The van der Waals surface area contributed by atoms with Crippen LogP contribution >= 0.6 is 34.8 Å². The summed E-state index contributed by atoms with van der Waals surface area (Å²) in [6.07, 6.45) is 0. The van der Waals surface area contributed by atoms with Gasteiger partial charge in [-0.1, -0.05) is 34.8 Å². The number of hydrogen-bond acceptors (Lipinski definition) is 1. The number of halogens is 3. The SMILES string of the molecule is Cc1c(C)c(C(=O)O)c(Cl)c(Cl)c1Cl. The summed E-state index contributed by atoms with van der Waals surface area (Å²) in [6, 6.07) is 0. The van der Waals surface area contributed by atoms with Crippen molar-refractivity contribution < 1.29 is 9.90 Å². The van der Waals surface area contributed by atoms with E-state index in [9.17, 15) is 4.79 Å². The lowest BCUT2D eigenvalue weighted by Gasteiger charge is -2.11. The maximum absolute atomic E-state index is 10.9. The molecule has 1 aromatic carbocycles. The van der Waals surface area contributed by atoms with E-state index in [0.29, 0.717) is 16.1 Å². The molecule has 0 bridgehead atoms. The second kappa shape index (κ2) is 3.97. The molecule has 14 heavy (non-hydrogen) atoms. The van der Waals surface area contributed by atoms with Gasteiger partial charge in [0.05, 0.1) is 20.6 Å². The number of carboxylic acid groups (broad SMARTS) is 1. The highest BCUT2D eigenvalue weighted by Gasteiger charge is 2.20. The van der Waals surface area contributed by atoms with Crippen molar-refractivity contribution in [2.45, 2.75) is 13.8 Å². The number of aromatic carboxylic acids is 1. The highest BCUT2D eigenvalue weighted by Crippen LogP contribution is 2.37. The fourth-order valence-corrected chi connectivity index (χ4v) is 1.98. The number of carbonyl (C=O) groups is 1. The molecule has 0 aliphatic heterocycles. The maximum Gasteiger partial charge on any atom is 0.337 e. The van der Waals surface area contributed by atoms with Crippen molar-refractivity contribution >= 4 is 40.8 Å². The Morgan fingerprint density at radius 3 is 1.93 bits per heavy atom. The van der Waals surface area contributed by atoms with E-state index in [1.807, 2.05) is 0 Å². The molecule has 2 nitrogen and oxygen atoms in total. The Bertz CT molecular complexity index is 384. The third kappa shape index (κ3) is 1.70. The molecular weight excluding hydrogens is 246 g/mol. The number of benzene rings is 1. The van der Waals surface area contributed by atoms with Crippen LogP contribution in [0.15, 0.2) is 0 Å². The molecule has 5 heteroatoms.